The van der Waals surface area contributed by atoms with Gasteiger partial charge in [-0.2, -0.15) is 0 Å². The molecule has 2 atom stereocenters. The Morgan fingerprint density at radius 3 is 2.38 bits per heavy atom. The van der Waals surface area contributed by atoms with Crippen LogP contribution in [0.2, 0.25) is 0 Å². The molecule has 1 aromatic rings. The van der Waals surface area contributed by atoms with E-state index in [9.17, 15) is 19.8 Å². The Morgan fingerprint density at radius 1 is 1.21 bits per heavy atom. The summed E-state index contributed by atoms with van der Waals surface area (Å²) in [5, 5.41) is 21.4. The normalized spacial score (nSPS) is 21.4. The van der Waals surface area contributed by atoms with E-state index in [1.165, 1.54) is 18.6 Å². The lowest BCUT2D eigenvalue weighted by Gasteiger charge is -2.38. The Balaban J connectivity index is 1.71. The molecule has 1 fully saturated rings. The van der Waals surface area contributed by atoms with Gasteiger partial charge in [-0.1, -0.05) is 6.42 Å². The summed E-state index contributed by atoms with van der Waals surface area (Å²) in [4.78, 5) is 30.7. The fraction of sp³-hybridized carbons (Fsp3) is 0.625. The summed E-state index contributed by atoms with van der Waals surface area (Å²) in [6.45, 7) is 4.69. The number of aromatic hydroxyl groups is 2. The highest BCUT2D eigenvalue weighted by atomic mass is 16.8. The number of hydrogen-bond donors (Lipinski definition) is 3. The lowest BCUT2D eigenvalue weighted by Crippen LogP contribution is -2.48. The van der Waals surface area contributed by atoms with Crippen molar-refractivity contribution in [1.29, 1.82) is 0 Å². The molecule has 0 bridgehead atoms. The van der Waals surface area contributed by atoms with Gasteiger partial charge >= 0.3 is 5.97 Å². The standard InChI is InChI=1S/C16H25N3O5/c1-11-4-3-5-12(2)18(11)10-13(20)17-9-8-16(23)24-19-14(21)6-7-15(19)22/h6-7,11-12,21-22H,3-5,8-10H2,1-2H3,(H,17,20)/t11-,12+/i8+1,9+1,13+1,16+1,17+1. The van der Waals surface area contributed by atoms with Gasteiger partial charge in [-0.25, -0.2) is 4.79 Å². The first kappa shape index (κ1) is 18.1. The van der Waals surface area contributed by atoms with Crippen LogP contribution in [-0.2, 0) is 9.59 Å². The molecule has 0 unspecified atom stereocenters. The van der Waals surface area contributed by atoms with E-state index in [0.717, 1.165) is 12.8 Å². The Morgan fingerprint density at radius 2 is 1.79 bits per heavy atom. The summed E-state index contributed by atoms with van der Waals surface area (Å²) in [7, 11) is 0. The molecule has 2 rings (SSSR count). The second kappa shape index (κ2) is 8.05. The highest BCUT2D eigenvalue weighted by molar-refractivity contribution is 5.79. The first-order chi connectivity index (χ1) is 11.4. The zero-order chi connectivity index (χ0) is 17.7. The van der Waals surface area contributed by atoms with Gasteiger partial charge in [0, 0.05) is 30.8 Å². The van der Waals surface area contributed by atoms with Crippen LogP contribution in [0.15, 0.2) is 12.1 Å². The molecule has 1 aliphatic heterocycles. The maximum absolute atomic E-state index is 12.0. The monoisotopic (exact) mass is 344 g/mol. The van der Waals surface area contributed by atoms with Crippen LogP contribution in [-0.4, -0.2) is 56.9 Å². The smallest absolute Gasteiger partial charge is 0.334 e. The van der Waals surface area contributed by atoms with Gasteiger partial charge in [0.2, 0.25) is 17.7 Å². The van der Waals surface area contributed by atoms with Gasteiger partial charge in [-0.15, -0.1) is 4.73 Å². The third-order valence-corrected chi connectivity index (χ3v) is 4.34. The number of likely N-dealkylation sites (tertiary alicyclic amines) is 1. The Labute approximate surface area is 141 Å². The Kier molecular flexibility index (Phi) is 6.08. The molecule has 2 heterocycles. The summed E-state index contributed by atoms with van der Waals surface area (Å²) in [6, 6.07) is 3.16. The topological polar surface area (TPSA) is 104 Å². The highest BCUT2D eigenvalue weighted by Gasteiger charge is 2.26. The van der Waals surface area contributed by atoms with Gasteiger partial charge < -0.3 is 20.4 Å². The van der Waals surface area contributed by atoms with E-state index >= 15 is 0 Å². The number of piperidine rings is 1. The molecular weight excluding hydrogens is 319 g/mol. The predicted octanol–water partition coefficient (Wildman–Crippen LogP) is 0.624. The first-order valence-electron chi connectivity index (χ1n) is 8.21. The zero-order valence-electron chi connectivity index (χ0n) is 14.1. The van der Waals surface area contributed by atoms with Crippen LogP contribution in [0.25, 0.3) is 0 Å². The SMILES string of the molecule is C[C@@H]1CCC[C@H](C)N1C[13C](=O)[15NH][13CH2][13CH2][13C](=O)On1c(O)ccc1O. The van der Waals surface area contributed by atoms with Crippen molar-refractivity contribution in [1.82, 2.24) is 14.9 Å². The number of nitrogens with one attached hydrogen (secondary N) is 1. The van der Waals surface area contributed by atoms with Crippen molar-refractivity contribution in [3.63, 3.8) is 0 Å². The Bertz CT molecular complexity index is 557. The molecule has 0 aromatic carbocycles. The van der Waals surface area contributed by atoms with Crippen molar-refractivity contribution in [3.8, 4) is 11.8 Å². The maximum atomic E-state index is 12.0. The number of amides is 1. The lowest BCUT2D eigenvalue weighted by atomic mass is 9.98. The zero-order valence-corrected chi connectivity index (χ0v) is 14.1. The van der Waals surface area contributed by atoms with Crippen LogP contribution in [0.1, 0.15) is 39.5 Å². The maximum Gasteiger partial charge on any atom is 0.334 e. The molecule has 0 spiro atoms. The van der Waals surface area contributed by atoms with E-state index in [1.54, 1.807) is 0 Å². The van der Waals surface area contributed by atoms with Gasteiger partial charge in [0.1, 0.15) is 0 Å². The molecule has 8 nitrogen and oxygen atoms in total. The fourth-order valence-corrected chi connectivity index (χ4v) is 2.95. The van der Waals surface area contributed by atoms with Crippen molar-refractivity contribution < 1.29 is 24.6 Å². The summed E-state index contributed by atoms with van der Waals surface area (Å²) in [6.07, 6.45) is 3.31. The van der Waals surface area contributed by atoms with Crippen LogP contribution in [0.3, 0.4) is 0 Å². The average molecular weight is 344 g/mol. The minimum absolute atomic E-state index is 0.0616. The molecule has 8 heteroatoms. The number of carbonyl (C=O) groups is 2. The largest absolute Gasteiger partial charge is 0.492 e. The molecule has 0 saturated carbocycles. The molecule has 1 aromatic heterocycles. The van der Waals surface area contributed by atoms with E-state index in [4.69, 9.17) is 4.84 Å². The first-order valence-corrected chi connectivity index (χ1v) is 8.21. The highest BCUT2D eigenvalue weighted by Crippen LogP contribution is 2.21. The van der Waals surface area contributed by atoms with Crippen molar-refractivity contribution in [2.75, 3.05) is 13.1 Å². The third-order valence-electron chi connectivity index (χ3n) is 4.34. The van der Waals surface area contributed by atoms with Crippen LogP contribution in [0.4, 0.5) is 0 Å². The van der Waals surface area contributed by atoms with Gasteiger partial charge in [-0.05, 0) is 26.7 Å². The van der Waals surface area contributed by atoms with Crippen molar-refractivity contribution in [2.24, 2.45) is 0 Å². The minimum atomic E-state index is -0.670. The number of rotatable bonds is 6. The number of carbonyl (C=O) groups excluding carboxylic acids is 2. The number of hydrogen-bond acceptors (Lipinski definition) is 6. The van der Waals surface area contributed by atoms with E-state index in [0.29, 0.717) is 23.4 Å². The van der Waals surface area contributed by atoms with E-state index in [-0.39, 0.29) is 30.6 Å². The number of nitrogens with zero attached hydrogens (tertiary/aromatic N) is 2. The average Bonchev–Trinajstić information content (AvgIpc) is 2.83. The molecule has 3 N–H and O–H groups in total. The molecule has 134 valence electrons. The van der Waals surface area contributed by atoms with Crippen LogP contribution in [0.5, 0.6) is 11.8 Å². The van der Waals surface area contributed by atoms with Crippen LogP contribution in [0, 0.1) is 0 Å². The minimum Gasteiger partial charge on any atom is -0.492 e. The summed E-state index contributed by atoms with van der Waals surface area (Å²) in [5.74, 6) is -1.55. The summed E-state index contributed by atoms with van der Waals surface area (Å²) >= 11 is 0. The van der Waals surface area contributed by atoms with Gasteiger partial charge in [-0.3, -0.25) is 9.69 Å². The van der Waals surface area contributed by atoms with E-state index < -0.39 is 5.97 Å². The van der Waals surface area contributed by atoms with Crippen LogP contribution < -0.4 is 10.2 Å². The molecule has 24 heavy (non-hydrogen) atoms. The van der Waals surface area contributed by atoms with Crippen molar-refractivity contribution in [3.05, 3.63) is 12.1 Å². The molecule has 1 amide bonds. The molecule has 1 aliphatic rings. The predicted molar refractivity (Wildman–Crippen MR) is 86.5 cm³/mol. The van der Waals surface area contributed by atoms with Gasteiger partial charge in [0.15, 0.2) is 0 Å². The Hall–Kier alpha value is -2.22. The number of aromatic nitrogens is 1. The second-order valence-corrected chi connectivity index (χ2v) is 6.21. The van der Waals surface area contributed by atoms with Crippen LogP contribution >= 0.6 is 0 Å². The molecule has 0 aliphatic carbocycles. The summed E-state index contributed by atoms with van der Waals surface area (Å²) in [5.41, 5.74) is 0. The second-order valence-electron chi connectivity index (χ2n) is 6.21. The molecule has 0 radical (unpaired) electrons. The van der Waals surface area contributed by atoms with Crippen molar-refractivity contribution in [2.45, 2.75) is 51.6 Å². The lowest BCUT2D eigenvalue weighted by molar-refractivity contribution is -0.145. The fourth-order valence-electron chi connectivity index (χ4n) is 2.95. The molecule has 1 saturated heterocycles. The quantitative estimate of drug-likeness (QED) is 0.516. The van der Waals surface area contributed by atoms with Crippen molar-refractivity contribution >= 4 is 11.9 Å². The van der Waals surface area contributed by atoms with E-state index in [2.05, 4.69) is 24.1 Å². The van der Waals surface area contributed by atoms with Gasteiger partial charge in [0.25, 0.3) is 0 Å². The third kappa shape index (κ3) is 4.64. The molecular formula is C16H25N3O5. The van der Waals surface area contributed by atoms with Gasteiger partial charge in [0.05, 0.1) is 13.0 Å². The summed E-state index contributed by atoms with van der Waals surface area (Å²) < 4.78 is 0.626. The van der Waals surface area contributed by atoms with E-state index in [1.807, 2.05) is 0 Å².